The van der Waals surface area contributed by atoms with E-state index in [1.807, 2.05) is 6.92 Å². The monoisotopic (exact) mass is 370 g/mol. The normalized spacial score (nSPS) is 10.5. The number of nitrogens with zero attached hydrogens (tertiary/aromatic N) is 2. The first-order chi connectivity index (χ1) is 12.4. The fourth-order valence-electron chi connectivity index (χ4n) is 2.38. The quantitative estimate of drug-likeness (QED) is 0.686. The van der Waals surface area contributed by atoms with Crippen LogP contribution in [0.5, 0.6) is 0 Å². The Morgan fingerprint density at radius 2 is 1.77 bits per heavy atom. The summed E-state index contributed by atoms with van der Waals surface area (Å²) in [5.41, 5.74) is 1.79. The number of benzene rings is 2. The first kappa shape index (κ1) is 17.8. The lowest BCUT2D eigenvalue weighted by Gasteiger charge is -2.11. The van der Waals surface area contributed by atoms with Gasteiger partial charge in [0.05, 0.1) is 5.69 Å². The van der Waals surface area contributed by atoms with Crippen LogP contribution in [0.4, 0.5) is 21.6 Å². The highest BCUT2D eigenvalue weighted by atomic mass is 35.5. The van der Waals surface area contributed by atoms with E-state index in [4.69, 9.17) is 11.6 Å². The van der Waals surface area contributed by atoms with E-state index in [0.717, 1.165) is 5.56 Å². The first-order valence-corrected chi connectivity index (χ1v) is 8.25. The molecule has 1 amide bonds. The van der Waals surface area contributed by atoms with Gasteiger partial charge in [-0.05, 0) is 43.7 Å². The van der Waals surface area contributed by atoms with E-state index in [9.17, 15) is 9.18 Å². The average Bonchev–Trinajstić information content (AvgIpc) is 2.60. The van der Waals surface area contributed by atoms with Crippen LogP contribution in [-0.2, 0) is 0 Å². The van der Waals surface area contributed by atoms with Gasteiger partial charge in [-0.2, -0.15) is 0 Å². The lowest BCUT2D eigenvalue weighted by molar-refractivity contribution is 0.102. The number of aromatic nitrogens is 2. The fourth-order valence-corrected chi connectivity index (χ4v) is 2.55. The number of hydrogen-bond acceptors (Lipinski definition) is 4. The molecule has 2 aromatic carbocycles. The summed E-state index contributed by atoms with van der Waals surface area (Å²) in [7, 11) is 0. The molecule has 132 valence electrons. The van der Waals surface area contributed by atoms with Gasteiger partial charge >= 0.3 is 0 Å². The van der Waals surface area contributed by atoms with E-state index >= 15 is 0 Å². The highest BCUT2D eigenvalue weighted by Gasteiger charge is 2.13. The molecule has 26 heavy (non-hydrogen) atoms. The van der Waals surface area contributed by atoms with Crippen molar-refractivity contribution in [3.63, 3.8) is 0 Å². The summed E-state index contributed by atoms with van der Waals surface area (Å²) in [5.74, 6) is -0.100. The van der Waals surface area contributed by atoms with E-state index < -0.39 is 11.7 Å². The third-order valence-corrected chi connectivity index (χ3v) is 4.13. The number of carbonyl (C=O) groups excluding carboxylic acids is 1. The molecule has 1 heterocycles. The van der Waals surface area contributed by atoms with Gasteiger partial charge in [0, 0.05) is 16.8 Å². The van der Waals surface area contributed by atoms with Gasteiger partial charge in [-0.15, -0.1) is 0 Å². The molecule has 0 fully saturated rings. The van der Waals surface area contributed by atoms with Crippen LogP contribution >= 0.6 is 11.6 Å². The number of aryl methyl sites for hydroxylation is 1. The highest BCUT2D eigenvalue weighted by Crippen LogP contribution is 2.24. The third kappa shape index (κ3) is 3.97. The molecule has 2 N–H and O–H groups in total. The van der Waals surface area contributed by atoms with Crippen LogP contribution in [0.25, 0.3) is 0 Å². The summed E-state index contributed by atoms with van der Waals surface area (Å²) < 4.78 is 13.8. The Hall–Kier alpha value is -2.99. The number of amides is 1. The largest absolute Gasteiger partial charge is 0.338 e. The molecule has 7 heteroatoms. The van der Waals surface area contributed by atoms with E-state index in [1.54, 1.807) is 43.3 Å². The molecule has 0 saturated heterocycles. The lowest BCUT2D eigenvalue weighted by atomic mass is 10.2. The van der Waals surface area contributed by atoms with Gasteiger partial charge in [0.2, 0.25) is 0 Å². The Morgan fingerprint density at radius 3 is 2.54 bits per heavy atom. The zero-order valence-electron chi connectivity index (χ0n) is 14.2. The van der Waals surface area contributed by atoms with Gasteiger partial charge in [0.25, 0.3) is 5.91 Å². The molecule has 0 unspecified atom stereocenters. The van der Waals surface area contributed by atoms with Crippen molar-refractivity contribution in [2.45, 2.75) is 13.8 Å². The van der Waals surface area contributed by atoms with Crippen LogP contribution < -0.4 is 10.6 Å². The molecule has 0 saturated carbocycles. The maximum absolute atomic E-state index is 13.8. The summed E-state index contributed by atoms with van der Waals surface area (Å²) in [6, 6.07) is 12.9. The van der Waals surface area contributed by atoms with Crippen molar-refractivity contribution in [2.24, 2.45) is 0 Å². The molecule has 0 aliphatic heterocycles. The lowest BCUT2D eigenvalue weighted by Crippen LogP contribution is -2.16. The van der Waals surface area contributed by atoms with Gasteiger partial charge < -0.3 is 10.6 Å². The molecule has 0 aliphatic carbocycles. The van der Waals surface area contributed by atoms with Crippen LogP contribution in [0.2, 0.25) is 5.02 Å². The van der Waals surface area contributed by atoms with Gasteiger partial charge in [0.1, 0.15) is 23.2 Å². The van der Waals surface area contributed by atoms with Crippen molar-refractivity contribution in [3.8, 4) is 0 Å². The highest BCUT2D eigenvalue weighted by molar-refractivity contribution is 6.31. The molecular weight excluding hydrogens is 355 g/mol. The Labute approximate surface area is 155 Å². The molecule has 0 radical (unpaired) electrons. The van der Waals surface area contributed by atoms with Gasteiger partial charge in [-0.1, -0.05) is 29.8 Å². The molecule has 0 spiro atoms. The Balaban J connectivity index is 1.86. The van der Waals surface area contributed by atoms with Gasteiger partial charge in [-0.25, -0.2) is 14.4 Å². The second kappa shape index (κ2) is 7.49. The van der Waals surface area contributed by atoms with E-state index in [0.29, 0.717) is 22.4 Å². The molecule has 3 aromatic rings. The number of nitrogens with one attached hydrogen (secondary N) is 2. The smallest absolute Gasteiger partial charge is 0.274 e. The van der Waals surface area contributed by atoms with Crippen molar-refractivity contribution in [2.75, 3.05) is 10.6 Å². The van der Waals surface area contributed by atoms with E-state index in [2.05, 4.69) is 20.6 Å². The summed E-state index contributed by atoms with van der Waals surface area (Å²) >= 11 is 6.08. The SMILES string of the molecule is Cc1nc(Nc2ccccc2F)cc(C(=O)Nc2cccc(Cl)c2C)n1. The third-order valence-electron chi connectivity index (χ3n) is 3.72. The molecule has 3 rings (SSSR count). The number of anilines is 3. The van der Waals surface area contributed by atoms with Crippen LogP contribution in [0, 0.1) is 19.7 Å². The number of halogens is 2. The maximum Gasteiger partial charge on any atom is 0.274 e. The molecule has 1 aromatic heterocycles. The zero-order valence-corrected chi connectivity index (χ0v) is 14.9. The van der Waals surface area contributed by atoms with Crippen LogP contribution in [0.15, 0.2) is 48.5 Å². The van der Waals surface area contributed by atoms with Crippen LogP contribution in [-0.4, -0.2) is 15.9 Å². The minimum atomic E-state index is -0.413. The standard InChI is InChI=1S/C19H16ClFN4O/c1-11-13(20)6-5-9-15(11)25-19(26)17-10-18(23-12(2)22-17)24-16-8-4-3-7-14(16)21/h3-10H,1-2H3,(H,25,26)(H,22,23,24). The maximum atomic E-state index is 13.8. The Bertz CT molecular complexity index is 978. The van der Waals surface area contributed by atoms with Crippen molar-refractivity contribution in [1.82, 2.24) is 9.97 Å². The Morgan fingerprint density at radius 1 is 1.04 bits per heavy atom. The van der Waals surface area contributed by atoms with E-state index in [1.165, 1.54) is 12.1 Å². The number of rotatable bonds is 4. The molecule has 0 atom stereocenters. The van der Waals surface area contributed by atoms with E-state index in [-0.39, 0.29) is 11.4 Å². The summed E-state index contributed by atoms with van der Waals surface area (Å²) in [6.07, 6.45) is 0. The van der Waals surface area contributed by atoms with Crippen LogP contribution in [0.1, 0.15) is 21.9 Å². The second-order valence-electron chi connectivity index (χ2n) is 5.66. The van der Waals surface area contributed by atoms with Crippen molar-refractivity contribution in [1.29, 1.82) is 0 Å². The zero-order chi connectivity index (χ0) is 18.7. The molecule has 0 aliphatic rings. The number of hydrogen-bond donors (Lipinski definition) is 2. The predicted octanol–water partition coefficient (Wildman–Crippen LogP) is 4.88. The summed E-state index contributed by atoms with van der Waals surface area (Å²) in [4.78, 5) is 20.9. The predicted molar refractivity (Wildman–Crippen MR) is 101 cm³/mol. The summed E-state index contributed by atoms with van der Waals surface area (Å²) in [6.45, 7) is 3.47. The number of carbonyl (C=O) groups is 1. The van der Waals surface area contributed by atoms with Gasteiger partial charge in [0.15, 0.2) is 0 Å². The van der Waals surface area contributed by atoms with Gasteiger partial charge in [-0.3, -0.25) is 4.79 Å². The van der Waals surface area contributed by atoms with Crippen LogP contribution in [0.3, 0.4) is 0 Å². The topological polar surface area (TPSA) is 66.9 Å². The summed E-state index contributed by atoms with van der Waals surface area (Å²) in [5, 5.41) is 6.21. The minimum Gasteiger partial charge on any atom is -0.338 e. The molecular formula is C19H16ClFN4O. The van der Waals surface area contributed by atoms with Crippen molar-refractivity contribution in [3.05, 3.63) is 76.5 Å². The van der Waals surface area contributed by atoms with Crippen molar-refractivity contribution >= 4 is 34.7 Å². The fraction of sp³-hybridized carbons (Fsp3) is 0.105. The second-order valence-corrected chi connectivity index (χ2v) is 6.06. The minimum absolute atomic E-state index is 0.163. The first-order valence-electron chi connectivity index (χ1n) is 7.88. The van der Waals surface area contributed by atoms with Crippen molar-refractivity contribution < 1.29 is 9.18 Å². The Kier molecular flexibility index (Phi) is 5.14. The molecule has 5 nitrogen and oxygen atoms in total. The molecule has 0 bridgehead atoms. The number of para-hydroxylation sites is 1. The average molecular weight is 371 g/mol.